The highest BCUT2D eigenvalue weighted by Gasteiger charge is 2.28. The molecule has 15 aromatic rings. The Balaban J connectivity index is 1.01. The van der Waals surface area contributed by atoms with Crippen molar-refractivity contribution in [3.05, 3.63) is 253 Å². The van der Waals surface area contributed by atoms with Crippen LogP contribution >= 0.6 is 0 Å². The molecular formula is C72H50N2O3. The second-order valence-electron chi connectivity index (χ2n) is 20.6. The molecule has 0 aliphatic heterocycles. The van der Waals surface area contributed by atoms with Gasteiger partial charge in [0.15, 0.2) is 11.2 Å². The first-order valence-electron chi connectivity index (χ1n) is 26.4. The summed E-state index contributed by atoms with van der Waals surface area (Å²) >= 11 is 0. The van der Waals surface area contributed by atoms with E-state index in [0.29, 0.717) is 0 Å². The van der Waals surface area contributed by atoms with Crippen molar-refractivity contribution in [3.8, 4) is 22.3 Å². The molecule has 0 unspecified atom stereocenters. The number of rotatable bonds is 8. The fourth-order valence-corrected chi connectivity index (χ4v) is 12.2. The van der Waals surface area contributed by atoms with Crippen LogP contribution in [0.2, 0.25) is 0 Å². The van der Waals surface area contributed by atoms with E-state index in [0.717, 1.165) is 155 Å². The van der Waals surface area contributed by atoms with Gasteiger partial charge in [0.2, 0.25) is 0 Å². The SMILES string of the molecule is Cc1cccc(N(c2cc3c4cc(N(c5cccc(C)c5)c5cccc6c5oc5c(-c7ccccc7C)cccc56)c5ccccc5c4oc3c3ccccc23)c2cccc3c2oc2c(-c4ccccc4C)cccc23)c1. The topological polar surface area (TPSA) is 45.9 Å². The Morgan fingerprint density at radius 1 is 0.234 bits per heavy atom. The van der Waals surface area contributed by atoms with Gasteiger partial charge in [-0.15, -0.1) is 0 Å². The van der Waals surface area contributed by atoms with Gasteiger partial charge in [0.05, 0.1) is 22.7 Å². The average Bonchev–Trinajstić information content (AvgIpc) is 4.33. The van der Waals surface area contributed by atoms with E-state index in [1.807, 2.05) is 0 Å². The van der Waals surface area contributed by atoms with Crippen LogP contribution in [-0.4, -0.2) is 0 Å². The van der Waals surface area contributed by atoms with Crippen LogP contribution in [0.5, 0.6) is 0 Å². The molecule has 0 aliphatic carbocycles. The van der Waals surface area contributed by atoms with E-state index >= 15 is 0 Å². The third-order valence-corrected chi connectivity index (χ3v) is 15.8. The third kappa shape index (κ3) is 6.94. The maximum atomic E-state index is 7.29. The van der Waals surface area contributed by atoms with Gasteiger partial charge >= 0.3 is 0 Å². The molecule has 0 bridgehead atoms. The van der Waals surface area contributed by atoms with Crippen molar-refractivity contribution in [1.29, 1.82) is 0 Å². The first-order chi connectivity index (χ1) is 37.9. The Morgan fingerprint density at radius 2 is 0.558 bits per heavy atom. The van der Waals surface area contributed by atoms with Crippen molar-refractivity contribution in [2.24, 2.45) is 0 Å². The molecule has 0 saturated carbocycles. The molecular weight excluding hydrogens is 941 g/mol. The fourth-order valence-electron chi connectivity index (χ4n) is 12.2. The lowest BCUT2D eigenvalue weighted by atomic mass is 9.98. The van der Waals surface area contributed by atoms with E-state index in [4.69, 9.17) is 13.3 Å². The zero-order valence-electron chi connectivity index (χ0n) is 43.1. The van der Waals surface area contributed by atoms with Gasteiger partial charge in [-0.25, -0.2) is 0 Å². The maximum Gasteiger partial charge on any atom is 0.159 e. The zero-order valence-corrected chi connectivity index (χ0v) is 43.1. The zero-order chi connectivity index (χ0) is 51.5. The van der Waals surface area contributed by atoms with Crippen LogP contribution in [0.4, 0.5) is 34.1 Å². The molecule has 366 valence electrons. The van der Waals surface area contributed by atoms with Gasteiger partial charge in [0.1, 0.15) is 22.3 Å². The molecule has 5 nitrogen and oxygen atoms in total. The number of hydrogen-bond donors (Lipinski definition) is 0. The molecule has 3 heterocycles. The van der Waals surface area contributed by atoms with Crippen molar-refractivity contribution in [1.82, 2.24) is 0 Å². The van der Waals surface area contributed by atoms with E-state index in [2.05, 4.69) is 268 Å². The molecule has 12 aromatic carbocycles. The molecule has 3 aromatic heterocycles. The first kappa shape index (κ1) is 44.6. The Morgan fingerprint density at radius 3 is 0.987 bits per heavy atom. The fraction of sp³-hybridized carbons (Fsp3) is 0.0556. The van der Waals surface area contributed by atoms with E-state index in [9.17, 15) is 0 Å². The van der Waals surface area contributed by atoms with Crippen LogP contribution in [0.15, 0.2) is 244 Å². The van der Waals surface area contributed by atoms with Gasteiger partial charge in [-0.1, -0.05) is 182 Å². The van der Waals surface area contributed by atoms with Crippen LogP contribution in [0.1, 0.15) is 22.3 Å². The summed E-state index contributed by atoms with van der Waals surface area (Å²) in [6.07, 6.45) is 0. The Bertz CT molecular complexity index is 4590. The number of fused-ring (bicyclic) bond motifs is 13. The van der Waals surface area contributed by atoms with Crippen molar-refractivity contribution in [3.63, 3.8) is 0 Å². The predicted molar refractivity (Wildman–Crippen MR) is 322 cm³/mol. The maximum absolute atomic E-state index is 7.29. The molecule has 0 saturated heterocycles. The number of anilines is 6. The van der Waals surface area contributed by atoms with Crippen molar-refractivity contribution < 1.29 is 13.3 Å². The Kier molecular flexibility index (Phi) is 10.1. The van der Waals surface area contributed by atoms with E-state index < -0.39 is 0 Å². The minimum Gasteiger partial charge on any atom is -0.455 e. The average molecular weight is 991 g/mol. The normalized spacial score (nSPS) is 11.9. The second-order valence-corrected chi connectivity index (χ2v) is 20.6. The van der Waals surface area contributed by atoms with Gasteiger partial charge in [0, 0.05) is 76.4 Å². The summed E-state index contributed by atoms with van der Waals surface area (Å²) in [6, 6.07) is 82.7. The quantitative estimate of drug-likeness (QED) is 0.152. The van der Waals surface area contributed by atoms with Crippen molar-refractivity contribution >= 4 is 121 Å². The molecule has 15 rings (SSSR count). The van der Waals surface area contributed by atoms with Crippen molar-refractivity contribution in [2.75, 3.05) is 9.80 Å². The van der Waals surface area contributed by atoms with Gasteiger partial charge < -0.3 is 23.1 Å². The molecule has 0 amide bonds. The molecule has 0 fully saturated rings. The monoisotopic (exact) mass is 990 g/mol. The van der Waals surface area contributed by atoms with Gasteiger partial charge in [-0.05, 0) is 110 Å². The largest absolute Gasteiger partial charge is 0.455 e. The number of hydrogen-bond acceptors (Lipinski definition) is 5. The molecule has 5 heteroatoms. The minimum atomic E-state index is 0.819. The summed E-state index contributed by atoms with van der Waals surface area (Å²) in [4.78, 5) is 4.78. The summed E-state index contributed by atoms with van der Waals surface area (Å²) in [6.45, 7) is 8.64. The summed E-state index contributed by atoms with van der Waals surface area (Å²) in [5.41, 5.74) is 20.2. The number of furan rings is 3. The molecule has 0 radical (unpaired) electrons. The molecule has 77 heavy (non-hydrogen) atoms. The van der Waals surface area contributed by atoms with Gasteiger partial charge in [-0.3, -0.25) is 0 Å². The Labute approximate surface area is 445 Å². The van der Waals surface area contributed by atoms with Crippen molar-refractivity contribution in [2.45, 2.75) is 27.7 Å². The summed E-state index contributed by atoms with van der Waals surface area (Å²) in [5.74, 6) is 0. The summed E-state index contributed by atoms with van der Waals surface area (Å²) in [7, 11) is 0. The lowest BCUT2D eigenvalue weighted by Crippen LogP contribution is -2.11. The highest BCUT2D eigenvalue weighted by Crippen LogP contribution is 2.52. The third-order valence-electron chi connectivity index (χ3n) is 15.8. The molecule has 0 atom stereocenters. The summed E-state index contributed by atoms with van der Waals surface area (Å²) < 4.78 is 21.7. The van der Waals surface area contributed by atoms with Crippen LogP contribution in [0, 0.1) is 27.7 Å². The van der Waals surface area contributed by atoms with Crippen LogP contribution in [0.25, 0.3) is 110 Å². The lowest BCUT2D eigenvalue weighted by Gasteiger charge is -2.28. The lowest BCUT2D eigenvalue weighted by molar-refractivity contribution is 0.670. The molecule has 0 aliphatic rings. The second kappa shape index (κ2) is 17.4. The number of aryl methyl sites for hydroxylation is 4. The predicted octanol–water partition coefficient (Wildman–Crippen LogP) is 21.2. The first-order valence-corrected chi connectivity index (χ1v) is 26.4. The van der Waals surface area contributed by atoms with Gasteiger partial charge in [-0.2, -0.15) is 0 Å². The highest BCUT2D eigenvalue weighted by atomic mass is 16.3. The van der Waals surface area contributed by atoms with Crippen LogP contribution < -0.4 is 9.80 Å². The van der Waals surface area contributed by atoms with E-state index in [-0.39, 0.29) is 0 Å². The van der Waals surface area contributed by atoms with Crippen LogP contribution in [0.3, 0.4) is 0 Å². The Hall–Kier alpha value is -9.84. The number of nitrogens with zero attached hydrogens (tertiary/aromatic N) is 2. The van der Waals surface area contributed by atoms with E-state index in [1.54, 1.807) is 0 Å². The van der Waals surface area contributed by atoms with Gasteiger partial charge in [0.25, 0.3) is 0 Å². The highest BCUT2D eigenvalue weighted by molar-refractivity contribution is 6.26. The minimum absolute atomic E-state index is 0.819. The van der Waals surface area contributed by atoms with Crippen LogP contribution in [-0.2, 0) is 0 Å². The standard InChI is InChI=1S/C72H50N2O3/c1-43-19-13-23-47(39-43)73(63-37-17-35-59-57-33-15-31-53(67(57)76-71(59)63)49-25-7-5-21-45(49)3)65-41-61-62-42-66(52-28-10-12-30-56(52)70(62)75-69(61)55-29-11-9-27-51(55)65)74(48-24-14-20-44(2)40-48)64-38-18-36-60-58-34-16-32-54(68(58)77-72(60)64)50-26-8-6-22-46(50)4/h5-42H,1-4H3. The summed E-state index contributed by atoms with van der Waals surface area (Å²) in [5, 5.41) is 10.4. The molecule has 0 N–H and O–H groups in total. The van der Waals surface area contributed by atoms with E-state index in [1.165, 1.54) is 11.1 Å². The molecule has 0 spiro atoms. The smallest absolute Gasteiger partial charge is 0.159 e. The number of benzene rings is 12. The number of para-hydroxylation sites is 4.